The summed E-state index contributed by atoms with van der Waals surface area (Å²) >= 11 is 0. The summed E-state index contributed by atoms with van der Waals surface area (Å²) in [5.74, 6) is -0.226. The number of aliphatic imine (C=N–C) groups is 1. The molecule has 1 unspecified atom stereocenters. The average molecular weight is 266 g/mol. The Kier molecular flexibility index (Phi) is 6.06. The highest BCUT2D eigenvalue weighted by Gasteiger charge is 2.31. The average Bonchev–Trinajstić information content (AvgIpc) is 2.73. The monoisotopic (exact) mass is 266 g/mol. The molecule has 1 atom stereocenters. The molecule has 0 radical (unpaired) electrons. The van der Waals surface area contributed by atoms with Gasteiger partial charge in [0.15, 0.2) is 0 Å². The lowest BCUT2D eigenvalue weighted by molar-refractivity contribution is -0.143. The maximum Gasteiger partial charge on any atom is 0.303 e. The number of ether oxygens (including phenoxy) is 1. The molecular weight excluding hydrogens is 240 g/mol. The second-order valence-electron chi connectivity index (χ2n) is 4.73. The van der Waals surface area contributed by atoms with Crippen molar-refractivity contribution >= 4 is 11.7 Å². The van der Waals surface area contributed by atoms with Crippen LogP contribution in [0.5, 0.6) is 0 Å². The van der Waals surface area contributed by atoms with E-state index in [1.807, 2.05) is 6.92 Å². The van der Waals surface area contributed by atoms with Crippen molar-refractivity contribution in [1.29, 1.82) is 0 Å². The fourth-order valence-corrected chi connectivity index (χ4v) is 2.67. The Hall–Kier alpha value is -1.32. The van der Waals surface area contributed by atoms with Crippen LogP contribution in [-0.2, 0) is 9.53 Å². The number of carbonyl (C=O) groups is 1. The van der Waals surface area contributed by atoms with Crippen LogP contribution in [0.15, 0.2) is 16.3 Å². The van der Waals surface area contributed by atoms with E-state index in [2.05, 4.69) is 30.7 Å². The third-order valence-electron chi connectivity index (χ3n) is 3.58. The third-order valence-corrected chi connectivity index (χ3v) is 3.58. The number of rotatable bonds is 5. The van der Waals surface area contributed by atoms with E-state index in [0.717, 1.165) is 38.2 Å². The van der Waals surface area contributed by atoms with E-state index < -0.39 is 0 Å². The van der Waals surface area contributed by atoms with Crippen LogP contribution >= 0.6 is 0 Å². The summed E-state index contributed by atoms with van der Waals surface area (Å²) in [5, 5.41) is 0. The van der Waals surface area contributed by atoms with E-state index in [9.17, 15) is 4.79 Å². The molecule has 0 bridgehead atoms. The minimum Gasteiger partial charge on any atom is -0.456 e. The lowest BCUT2D eigenvalue weighted by atomic mass is 10.1. The molecule has 1 fully saturated rings. The van der Waals surface area contributed by atoms with Crippen LogP contribution in [0.4, 0.5) is 0 Å². The van der Waals surface area contributed by atoms with Crippen LogP contribution in [0.2, 0.25) is 0 Å². The van der Waals surface area contributed by atoms with Gasteiger partial charge in [-0.2, -0.15) is 0 Å². The van der Waals surface area contributed by atoms with Gasteiger partial charge in [-0.15, -0.1) is 0 Å². The topological polar surface area (TPSA) is 41.9 Å². The van der Waals surface area contributed by atoms with Crippen molar-refractivity contribution in [3.8, 4) is 0 Å². The van der Waals surface area contributed by atoms with Crippen molar-refractivity contribution in [3.05, 3.63) is 11.3 Å². The maximum atomic E-state index is 11.2. The molecule has 1 aliphatic carbocycles. The molecule has 0 N–H and O–H groups in total. The van der Waals surface area contributed by atoms with Gasteiger partial charge in [-0.3, -0.25) is 9.79 Å². The van der Waals surface area contributed by atoms with Crippen LogP contribution in [0.1, 0.15) is 47.5 Å². The van der Waals surface area contributed by atoms with Crippen molar-refractivity contribution in [1.82, 2.24) is 4.90 Å². The summed E-state index contributed by atoms with van der Waals surface area (Å²) < 4.78 is 5.38. The number of allylic oxidation sites excluding steroid dienone is 1. The summed E-state index contributed by atoms with van der Waals surface area (Å²) in [7, 11) is 0. The molecule has 1 saturated carbocycles. The molecule has 0 aromatic rings. The predicted molar refractivity (Wildman–Crippen MR) is 78.4 cm³/mol. The van der Waals surface area contributed by atoms with Gasteiger partial charge < -0.3 is 9.64 Å². The molecule has 0 aromatic carbocycles. The molecule has 0 spiro atoms. The molecular formula is C15H26N2O2. The van der Waals surface area contributed by atoms with Gasteiger partial charge in [0.1, 0.15) is 6.10 Å². The smallest absolute Gasteiger partial charge is 0.303 e. The highest BCUT2D eigenvalue weighted by molar-refractivity contribution is 6.06. The van der Waals surface area contributed by atoms with E-state index >= 15 is 0 Å². The van der Waals surface area contributed by atoms with Crippen LogP contribution in [0.3, 0.4) is 0 Å². The quantitative estimate of drug-likeness (QED) is 0.719. The first-order valence-corrected chi connectivity index (χ1v) is 7.21. The maximum absolute atomic E-state index is 11.2. The van der Waals surface area contributed by atoms with Crippen molar-refractivity contribution in [3.63, 3.8) is 0 Å². The van der Waals surface area contributed by atoms with Gasteiger partial charge in [0, 0.05) is 32.3 Å². The molecule has 0 saturated heterocycles. The van der Waals surface area contributed by atoms with Gasteiger partial charge in [0.05, 0.1) is 5.71 Å². The zero-order valence-corrected chi connectivity index (χ0v) is 12.8. The van der Waals surface area contributed by atoms with Crippen LogP contribution in [0, 0.1) is 0 Å². The highest BCUT2D eigenvalue weighted by Crippen LogP contribution is 2.29. The Morgan fingerprint density at radius 3 is 2.42 bits per heavy atom. The van der Waals surface area contributed by atoms with E-state index in [-0.39, 0.29) is 12.1 Å². The first kappa shape index (κ1) is 15.7. The summed E-state index contributed by atoms with van der Waals surface area (Å²) in [5.41, 5.74) is 3.51. The number of hydrogen-bond donors (Lipinski definition) is 0. The molecule has 0 heterocycles. The first-order valence-electron chi connectivity index (χ1n) is 7.21. The van der Waals surface area contributed by atoms with Gasteiger partial charge in [0.2, 0.25) is 0 Å². The van der Waals surface area contributed by atoms with Gasteiger partial charge >= 0.3 is 5.97 Å². The fraction of sp³-hybridized carbons (Fsp3) is 0.733. The normalized spacial score (nSPS) is 23.6. The first-order chi connectivity index (χ1) is 9.04. The Bertz CT molecular complexity index is 382. The Labute approximate surface area is 116 Å². The molecule has 1 rings (SSSR count). The predicted octanol–water partition coefficient (Wildman–Crippen LogP) is 2.79. The van der Waals surface area contributed by atoms with Gasteiger partial charge in [-0.1, -0.05) is 0 Å². The van der Waals surface area contributed by atoms with Crippen LogP contribution < -0.4 is 0 Å². The number of nitrogens with zero attached hydrogens (tertiary/aromatic N) is 2. The zero-order valence-electron chi connectivity index (χ0n) is 12.8. The number of esters is 1. The number of hydrogen-bond acceptors (Lipinski definition) is 4. The van der Waals surface area contributed by atoms with E-state index in [4.69, 9.17) is 4.74 Å². The molecule has 4 heteroatoms. The molecule has 108 valence electrons. The van der Waals surface area contributed by atoms with Crippen LogP contribution in [-0.4, -0.2) is 42.3 Å². The van der Waals surface area contributed by atoms with Gasteiger partial charge in [-0.25, -0.2) is 0 Å². The van der Waals surface area contributed by atoms with Crippen molar-refractivity contribution in [2.45, 2.75) is 53.6 Å². The van der Waals surface area contributed by atoms with Crippen molar-refractivity contribution < 1.29 is 9.53 Å². The largest absolute Gasteiger partial charge is 0.456 e. The molecule has 19 heavy (non-hydrogen) atoms. The van der Waals surface area contributed by atoms with E-state index in [1.165, 1.54) is 18.2 Å². The highest BCUT2D eigenvalue weighted by atomic mass is 16.5. The summed E-state index contributed by atoms with van der Waals surface area (Å²) in [6, 6.07) is 0. The minimum absolute atomic E-state index is 0.155. The summed E-state index contributed by atoms with van der Waals surface area (Å²) in [6.07, 6.45) is 1.64. The summed E-state index contributed by atoms with van der Waals surface area (Å²) in [6.45, 7) is 12.6. The van der Waals surface area contributed by atoms with Crippen molar-refractivity contribution in [2.24, 2.45) is 4.99 Å². The fourth-order valence-electron chi connectivity index (χ4n) is 2.67. The Morgan fingerprint density at radius 1 is 1.32 bits per heavy atom. The molecule has 4 nitrogen and oxygen atoms in total. The minimum atomic E-state index is -0.226. The summed E-state index contributed by atoms with van der Waals surface area (Å²) in [4.78, 5) is 18.1. The second kappa shape index (κ2) is 7.31. The lowest BCUT2D eigenvalue weighted by Crippen LogP contribution is -2.26. The Morgan fingerprint density at radius 2 is 1.95 bits per heavy atom. The zero-order chi connectivity index (χ0) is 14.4. The molecule has 0 aromatic heterocycles. The third kappa shape index (κ3) is 3.82. The standard InChI is InChI=1S/C15H26N2O2/c1-6-16-15-13(11(4)17(7-2)8-3)9-10-14(15)19-12(5)18/h14H,6-10H2,1-5H3/b13-11+,16-15?. The molecule has 1 aliphatic rings. The molecule has 0 amide bonds. The SMILES string of the molecule is CCN=C1/C(=C(\C)N(CC)CC)CCC1OC(C)=O. The van der Waals surface area contributed by atoms with Crippen LogP contribution in [0.25, 0.3) is 0 Å². The van der Waals surface area contributed by atoms with Crippen molar-refractivity contribution in [2.75, 3.05) is 19.6 Å². The second-order valence-corrected chi connectivity index (χ2v) is 4.73. The van der Waals surface area contributed by atoms with E-state index in [0.29, 0.717) is 0 Å². The van der Waals surface area contributed by atoms with Gasteiger partial charge in [0.25, 0.3) is 0 Å². The van der Waals surface area contributed by atoms with Gasteiger partial charge in [-0.05, 0) is 46.1 Å². The lowest BCUT2D eigenvalue weighted by Gasteiger charge is -2.24. The molecule has 0 aliphatic heterocycles. The Balaban J connectivity index is 3.04. The van der Waals surface area contributed by atoms with E-state index in [1.54, 1.807) is 0 Å². The number of carbonyl (C=O) groups excluding carboxylic acids is 1.